The van der Waals surface area contributed by atoms with E-state index in [4.69, 9.17) is 4.74 Å². The summed E-state index contributed by atoms with van der Waals surface area (Å²) in [5.41, 5.74) is -0.152. The zero-order valence-electron chi connectivity index (χ0n) is 12.1. The summed E-state index contributed by atoms with van der Waals surface area (Å²) in [6.45, 7) is 2.21. The van der Waals surface area contributed by atoms with Gasteiger partial charge in [0.2, 0.25) is 0 Å². The number of carboxylic acid groups (broad SMARTS) is 1. The Balaban J connectivity index is 2.50. The van der Waals surface area contributed by atoms with Crippen LogP contribution in [0.3, 0.4) is 0 Å². The first kappa shape index (κ1) is 16.5. The van der Waals surface area contributed by atoms with Crippen LogP contribution in [0.2, 0.25) is 0 Å². The molecule has 0 amide bonds. The highest BCUT2D eigenvalue weighted by atomic mass is 16.5. The molecular formula is C15H23NO4. The quantitative estimate of drug-likeness (QED) is 0.601. The smallest absolute Gasteiger partial charge is 0.323 e. The minimum absolute atomic E-state index is 0.0687. The van der Waals surface area contributed by atoms with Gasteiger partial charge < -0.3 is 20.3 Å². The Morgan fingerprint density at radius 1 is 1.40 bits per heavy atom. The van der Waals surface area contributed by atoms with Crippen molar-refractivity contribution < 1.29 is 19.7 Å². The topological polar surface area (TPSA) is 78.8 Å². The SMILES string of the molecule is CCC(CCCOc1ccccc1CO)(NC)C(=O)O. The second-order valence-electron chi connectivity index (χ2n) is 4.71. The Hall–Kier alpha value is -1.59. The highest BCUT2D eigenvalue weighted by Crippen LogP contribution is 2.20. The van der Waals surface area contributed by atoms with Gasteiger partial charge >= 0.3 is 5.97 Å². The summed E-state index contributed by atoms with van der Waals surface area (Å²) in [7, 11) is 1.67. The summed E-state index contributed by atoms with van der Waals surface area (Å²) in [6, 6.07) is 7.28. The number of nitrogens with one attached hydrogen (secondary N) is 1. The molecule has 0 aliphatic rings. The van der Waals surface area contributed by atoms with Crippen LogP contribution in [0.15, 0.2) is 24.3 Å². The molecule has 1 atom stereocenters. The largest absolute Gasteiger partial charge is 0.493 e. The molecule has 0 radical (unpaired) electrons. The van der Waals surface area contributed by atoms with Crippen molar-refractivity contribution in [3.8, 4) is 5.75 Å². The molecule has 20 heavy (non-hydrogen) atoms. The van der Waals surface area contributed by atoms with Crippen LogP contribution >= 0.6 is 0 Å². The van der Waals surface area contributed by atoms with E-state index in [9.17, 15) is 15.0 Å². The van der Waals surface area contributed by atoms with Crippen LogP contribution in [0.5, 0.6) is 5.75 Å². The van der Waals surface area contributed by atoms with E-state index < -0.39 is 11.5 Å². The molecule has 0 fully saturated rings. The van der Waals surface area contributed by atoms with Crippen molar-refractivity contribution in [1.29, 1.82) is 0 Å². The summed E-state index contributed by atoms with van der Waals surface area (Å²) >= 11 is 0. The Morgan fingerprint density at radius 2 is 2.10 bits per heavy atom. The van der Waals surface area contributed by atoms with Gasteiger partial charge in [-0.15, -0.1) is 0 Å². The summed E-state index contributed by atoms with van der Waals surface area (Å²) < 4.78 is 5.61. The number of benzene rings is 1. The number of aliphatic hydroxyl groups is 1. The first-order valence-electron chi connectivity index (χ1n) is 6.83. The van der Waals surface area contributed by atoms with Crippen molar-refractivity contribution in [2.75, 3.05) is 13.7 Å². The molecule has 5 heteroatoms. The maximum absolute atomic E-state index is 11.3. The number of aliphatic carboxylic acids is 1. The predicted molar refractivity (Wildman–Crippen MR) is 76.8 cm³/mol. The molecule has 0 spiro atoms. The van der Waals surface area contributed by atoms with Gasteiger partial charge in [-0.2, -0.15) is 0 Å². The first-order valence-corrected chi connectivity index (χ1v) is 6.83. The average molecular weight is 281 g/mol. The number of carboxylic acids is 1. The maximum Gasteiger partial charge on any atom is 0.323 e. The Kier molecular flexibility index (Phi) is 6.48. The molecule has 0 saturated heterocycles. The third-order valence-corrected chi connectivity index (χ3v) is 3.64. The first-order chi connectivity index (χ1) is 9.59. The third-order valence-electron chi connectivity index (χ3n) is 3.64. The normalized spacial score (nSPS) is 13.8. The lowest BCUT2D eigenvalue weighted by Gasteiger charge is -2.27. The van der Waals surface area contributed by atoms with E-state index in [-0.39, 0.29) is 6.61 Å². The fourth-order valence-corrected chi connectivity index (χ4v) is 2.17. The number of ether oxygens (including phenoxy) is 1. The second kappa shape index (κ2) is 7.87. The van der Waals surface area contributed by atoms with E-state index in [2.05, 4.69) is 5.32 Å². The van der Waals surface area contributed by atoms with Gasteiger partial charge in [0.1, 0.15) is 11.3 Å². The fourth-order valence-electron chi connectivity index (χ4n) is 2.17. The fraction of sp³-hybridized carbons (Fsp3) is 0.533. The van der Waals surface area contributed by atoms with Crippen LogP contribution in [-0.4, -0.2) is 35.4 Å². The molecule has 1 rings (SSSR count). The van der Waals surface area contributed by atoms with Gasteiger partial charge in [-0.25, -0.2) is 0 Å². The molecule has 1 aromatic rings. The van der Waals surface area contributed by atoms with Gasteiger partial charge in [-0.3, -0.25) is 4.79 Å². The second-order valence-corrected chi connectivity index (χ2v) is 4.71. The van der Waals surface area contributed by atoms with E-state index in [0.717, 1.165) is 5.56 Å². The van der Waals surface area contributed by atoms with Crippen LogP contribution in [0.1, 0.15) is 31.7 Å². The van der Waals surface area contributed by atoms with E-state index in [1.807, 2.05) is 19.1 Å². The lowest BCUT2D eigenvalue weighted by Crippen LogP contribution is -2.50. The van der Waals surface area contributed by atoms with Crippen LogP contribution < -0.4 is 10.1 Å². The van der Waals surface area contributed by atoms with E-state index >= 15 is 0 Å². The van der Waals surface area contributed by atoms with Crippen molar-refractivity contribution in [3.05, 3.63) is 29.8 Å². The Labute approximate surface area is 119 Å². The van der Waals surface area contributed by atoms with Crippen LogP contribution in [0, 0.1) is 0 Å². The zero-order chi connectivity index (χ0) is 15.0. The Bertz CT molecular complexity index is 430. The maximum atomic E-state index is 11.3. The molecular weight excluding hydrogens is 258 g/mol. The summed E-state index contributed by atoms with van der Waals surface area (Å²) in [5, 5.41) is 21.4. The van der Waals surface area contributed by atoms with Gasteiger partial charge in [-0.1, -0.05) is 25.1 Å². The van der Waals surface area contributed by atoms with E-state index in [0.29, 0.717) is 31.6 Å². The number of rotatable bonds is 9. The van der Waals surface area contributed by atoms with Gasteiger partial charge in [0.05, 0.1) is 13.2 Å². The molecule has 1 aromatic carbocycles. The highest BCUT2D eigenvalue weighted by Gasteiger charge is 2.34. The summed E-state index contributed by atoms with van der Waals surface area (Å²) in [6.07, 6.45) is 1.64. The van der Waals surface area contributed by atoms with Crippen molar-refractivity contribution >= 4 is 5.97 Å². The van der Waals surface area contributed by atoms with E-state index in [1.165, 1.54) is 0 Å². The molecule has 0 saturated carbocycles. The standard InChI is InChI=1S/C15H23NO4/c1-3-15(16-2,14(18)19)9-6-10-20-13-8-5-4-7-12(13)11-17/h4-5,7-8,16-17H,3,6,9-11H2,1-2H3,(H,18,19). The highest BCUT2D eigenvalue weighted by molar-refractivity contribution is 5.78. The van der Waals surface area contributed by atoms with Gasteiger partial charge in [-0.05, 0) is 32.4 Å². The molecule has 112 valence electrons. The number of carbonyl (C=O) groups is 1. The molecule has 0 aliphatic carbocycles. The molecule has 3 N–H and O–H groups in total. The molecule has 0 bridgehead atoms. The van der Waals surface area contributed by atoms with E-state index in [1.54, 1.807) is 19.2 Å². The monoisotopic (exact) mass is 281 g/mol. The van der Waals surface area contributed by atoms with Crippen LogP contribution in [0.4, 0.5) is 0 Å². The molecule has 0 aliphatic heterocycles. The minimum atomic E-state index is -0.889. The number of hydrogen-bond acceptors (Lipinski definition) is 4. The number of likely N-dealkylation sites (N-methyl/N-ethyl adjacent to an activating group) is 1. The number of aliphatic hydroxyl groups excluding tert-OH is 1. The van der Waals surface area contributed by atoms with Crippen LogP contribution in [-0.2, 0) is 11.4 Å². The van der Waals surface area contributed by atoms with Crippen LogP contribution in [0.25, 0.3) is 0 Å². The number of hydrogen-bond donors (Lipinski definition) is 3. The van der Waals surface area contributed by atoms with Crippen molar-refractivity contribution in [3.63, 3.8) is 0 Å². The lowest BCUT2D eigenvalue weighted by atomic mass is 9.91. The zero-order valence-corrected chi connectivity index (χ0v) is 12.1. The molecule has 1 unspecified atom stereocenters. The van der Waals surface area contributed by atoms with Gasteiger partial charge in [0, 0.05) is 5.56 Å². The molecule has 5 nitrogen and oxygen atoms in total. The average Bonchev–Trinajstić information content (AvgIpc) is 2.48. The van der Waals surface area contributed by atoms with Gasteiger partial charge in [0.25, 0.3) is 0 Å². The van der Waals surface area contributed by atoms with Crippen molar-refractivity contribution in [2.24, 2.45) is 0 Å². The summed E-state index contributed by atoms with van der Waals surface area (Å²) in [5.74, 6) is -0.185. The Morgan fingerprint density at radius 3 is 2.65 bits per heavy atom. The number of para-hydroxylation sites is 1. The lowest BCUT2D eigenvalue weighted by molar-refractivity contribution is -0.145. The third kappa shape index (κ3) is 3.95. The van der Waals surface area contributed by atoms with Crippen molar-refractivity contribution in [2.45, 2.75) is 38.3 Å². The molecule has 0 heterocycles. The summed E-state index contributed by atoms with van der Waals surface area (Å²) in [4.78, 5) is 11.3. The minimum Gasteiger partial charge on any atom is -0.493 e. The van der Waals surface area contributed by atoms with Gasteiger partial charge in [0.15, 0.2) is 0 Å². The predicted octanol–water partition coefficient (Wildman–Crippen LogP) is 1.79. The molecule has 0 aromatic heterocycles. The van der Waals surface area contributed by atoms with Crippen molar-refractivity contribution in [1.82, 2.24) is 5.32 Å².